The largest absolute Gasteiger partial charge is 0.479 e. The first-order valence-corrected chi connectivity index (χ1v) is 8.86. The van der Waals surface area contributed by atoms with Gasteiger partial charge in [-0.3, -0.25) is 13.8 Å². The molecular formula is C17H16N2O4S. The van der Waals surface area contributed by atoms with Gasteiger partial charge >= 0.3 is 0 Å². The lowest BCUT2D eigenvalue weighted by molar-refractivity contribution is -0.122. The van der Waals surface area contributed by atoms with Gasteiger partial charge in [-0.15, -0.1) is 0 Å². The predicted octanol–water partition coefficient (Wildman–Crippen LogP) is 2.40. The molecular weight excluding hydrogens is 328 g/mol. The summed E-state index contributed by atoms with van der Waals surface area (Å²) >= 11 is 0. The third-order valence-electron chi connectivity index (χ3n) is 3.62. The van der Waals surface area contributed by atoms with Crippen LogP contribution in [0.2, 0.25) is 0 Å². The molecule has 0 aliphatic carbocycles. The van der Waals surface area contributed by atoms with Crippen molar-refractivity contribution in [2.45, 2.75) is 17.9 Å². The Morgan fingerprint density at radius 1 is 1.21 bits per heavy atom. The van der Waals surface area contributed by atoms with Crippen molar-refractivity contribution in [1.29, 1.82) is 0 Å². The average molecular weight is 344 g/mol. The summed E-state index contributed by atoms with van der Waals surface area (Å²) in [6, 6.07) is 11.6. The van der Waals surface area contributed by atoms with Crippen LogP contribution < -0.4 is 15.4 Å². The lowest BCUT2D eigenvalue weighted by Crippen LogP contribution is -2.34. The SMILES string of the molecule is C[C@H]1Oc2ccc(NC(=O)c3ccc([S@@](C)=O)cc3)cc2NC1=O. The summed E-state index contributed by atoms with van der Waals surface area (Å²) in [5, 5.41) is 5.50. The van der Waals surface area contributed by atoms with Crippen LogP contribution in [-0.4, -0.2) is 28.4 Å². The quantitative estimate of drug-likeness (QED) is 0.895. The Hall–Kier alpha value is -2.67. The Labute approximate surface area is 141 Å². The summed E-state index contributed by atoms with van der Waals surface area (Å²) in [7, 11) is -1.08. The third-order valence-corrected chi connectivity index (χ3v) is 4.55. The van der Waals surface area contributed by atoms with Crippen LogP contribution in [0.1, 0.15) is 17.3 Å². The number of nitrogens with one attached hydrogen (secondary N) is 2. The van der Waals surface area contributed by atoms with Crippen molar-refractivity contribution < 1.29 is 18.5 Å². The summed E-state index contributed by atoms with van der Waals surface area (Å²) in [5.41, 5.74) is 1.52. The van der Waals surface area contributed by atoms with Gasteiger partial charge < -0.3 is 15.4 Å². The predicted molar refractivity (Wildman–Crippen MR) is 91.9 cm³/mol. The Morgan fingerprint density at radius 3 is 2.58 bits per heavy atom. The zero-order chi connectivity index (χ0) is 17.3. The second-order valence-electron chi connectivity index (χ2n) is 5.39. The van der Waals surface area contributed by atoms with E-state index in [4.69, 9.17) is 4.74 Å². The minimum absolute atomic E-state index is 0.228. The number of hydrogen-bond donors (Lipinski definition) is 2. The lowest BCUT2D eigenvalue weighted by Gasteiger charge is -2.23. The number of ether oxygens (including phenoxy) is 1. The first kappa shape index (κ1) is 16.2. The molecule has 7 heteroatoms. The zero-order valence-corrected chi connectivity index (χ0v) is 14.0. The molecule has 0 spiro atoms. The number of fused-ring (bicyclic) bond motifs is 1. The van der Waals surface area contributed by atoms with Gasteiger partial charge in [-0.05, 0) is 49.4 Å². The summed E-state index contributed by atoms with van der Waals surface area (Å²) in [4.78, 5) is 24.6. The summed E-state index contributed by atoms with van der Waals surface area (Å²) in [6.07, 6.45) is 1.04. The number of benzene rings is 2. The van der Waals surface area contributed by atoms with Crippen LogP contribution in [0, 0.1) is 0 Å². The van der Waals surface area contributed by atoms with E-state index in [2.05, 4.69) is 10.6 Å². The third kappa shape index (κ3) is 3.30. The highest BCUT2D eigenvalue weighted by molar-refractivity contribution is 7.84. The van der Waals surface area contributed by atoms with E-state index in [1.165, 1.54) is 0 Å². The molecule has 1 heterocycles. The fourth-order valence-electron chi connectivity index (χ4n) is 2.29. The molecule has 0 aromatic heterocycles. The van der Waals surface area contributed by atoms with Crippen molar-refractivity contribution in [1.82, 2.24) is 0 Å². The second-order valence-corrected chi connectivity index (χ2v) is 6.77. The Bertz CT molecular complexity index is 833. The van der Waals surface area contributed by atoms with E-state index in [9.17, 15) is 13.8 Å². The maximum Gasteiger partial charge on any atom is 0.265 e. The monoisotopic (exact) mass is 344 g/mol. The van der Waals surface area contributed by atoms with Crippen LogP contribution in [0.15, 0.2) is 47.4 Å². The van der Waals surface area contributed by atoms with Gasteiger partial charge in [0.2, 0.25) is 0 Å². The van der Waals surface area contributed by atoms with E-state index in [0.717, 1.165) is 0 Å². The molecule has 2 atom stereocenters. The van der Waals surface area contributed by atoms with Crippen molar-refractivity contribution >= 4 is 34.0 Å². The van der Waals surface area contributed by atoms with Crippen LogP contribution >= 0.6 is 0 Å². The van der Waals surface area contributed by atoms with Gasteiger partial charge in [0.25, 0.3) is 11.8 Å². The molecule has 0 bridgehead atoms. The van der Waals surface area contributed by atoms with Gasteiger partial charge in [-0.25, -0.2) is 0 Å². The molecule has 0 fully saturated rings. The Morgan fingerprint density at radius 2 is 1.92 bits per heavy atom. The molecule has 1 aliphatic heterocycles. The number of anilines is 2. The van der Waals surface area contributed by atoms with Crippen molar-refractivity contribution in [2.75, 3.05) is 16.9 Å². The smallest absolute Gasteiger partial charge is 0.265 e. The number of hydrogen-bond acceptors (Lipinski definition) is 4. The van der Waals surface area contributed by atoms with Gasteiger partial charge in [0, 0.05) is 33.2 Å². The van der Waals surface area contributed by atoms with Crippen LogP contribution in [0.4, 0.5) is 11.4 Å². The van der Waals surface area contributed by atoms with Crippen LogP contribution in [-0.2, 0) is 15.6 Å². The van der Waals surface area contributed by atoms with Crippen LogP contribution in [0.5, 0.6) is 5.75 Å². The maximum absolute atomic E-state index is 12.3. The highest BCUT2D eigenvalue weighted by Gasteiger charge is 2.23. The fourth-order valence-corrected chi connectivity index (χ4v) is 2.81. The van der Waals surface area contributed by atoms with Crippen molar-refractivity contribution in [2.24, 2.45) is 0 Å². The zero-order valence-electron chi connectivity index (χ0n) is 13.2. The van der Waals surface area contributed by atoms with Crippen molar-refractivity contribution in [3.8, 4) is 5.75 Å². The molecule has 2 aromatic carbocycles. The number of carbonyl (C=O) groups is 2. The maximum atomic E-state index is 12.3. The molecule has 0 unspecified atom stereocenters. The topological polar surface area (TPSA) is 84.5 Å². The van der Waals surface area contributed by atoms with Crippen LogP contribution in [0.3, 0.4) is 0 Å². The normalized spacial score (nSPS) is 17.2. The minimum atomic E-state index is -1.08. The molecule has 6 nitrogen and oxygen atoms in total. The molecule has 0 radical (unpaired) electrons. The molecule has 24 heavy (non-hydrogen) atoms. The summed E-state index contributed by atoms with van der Waals surface area (Å²) in [6.45, 7) is 1.67. The Balaban J connectivity index is 1.76. The van der Waals surface area contributed by atoms with E-state index in [1.807, 2.05) is 0 Å². The summed E-state index contributed by atoms with van der Waals surface area (Å²) in [5.74, 6) is 0.0452. The molecule has 1 aliphatic rings. The van der Waals surface area contributed by atoms with Crippen LogP contribution in [0.25, 0.3) is 0 Å². The number of amides is 2. The standard InChI is InChI=1S/C17H16N2O4S/c1-10-16(20)19-14-9-12(5-8-15(14)23-10)18-17(21)11-3-6-13(7-4-11)24(2)22/h3-10H,1-2H3,(H,18,21)(H,19,20)/t10-,24-/m1/s1. The molecule has 2 amide bonds. The highest BCUT2D eigenvalue weighted by Crippen LogP contribution is 2.32. The van der Waals surface area contributed by atoms with E-state index in [0.29, 0.717) is 27.6 Å². The number of rotatable bonds is 3. The molecule has 0 saturated heterocycles. The van der Waals surface area contributed by atoms with E-state index >= 15 is 0 Å². The first-order chi connectivity index (χ1) is 11.4. The average Bonchev–Trinajstić information content (AvgIpc) is 2.56. The van der Waals surface area contributed by atoms with Crippen molar-refractivity contribution in [3.63, 3.8) is 0 Å². The van der Waals surface area contributed by atoms with E-state index in [-0.39, 0.29) is 11.8 Å². The second kappa shape index (κ2) is 6.45. The molecule has 2 aromatic rings. The van der Waals surface area contributed by atoms with Gasteiger partial charge in [0.1, 0.15) is 5.75 Å². The highest BCUT2D eigenvalue weighted by atomic mass is 32.2. The first-order valence-electron chi connectivity index (χ1n) is 7.30. The van der Waals surface area contributed by atoms with Gasteiger partial charge in [0.05, 0.1) is 5.69 Å². The van der Waals surface area contributed by atoms with Gasteiger partial charge in [-0.1, -0.05) is 0 Å². The molecule has 124 valence electrons. The van der Waals surface area contributed by atoms with Crippen molar-refractivity contribution in [3.05, 3.63) is 48.0 Å². The molecule has 3 rings (SSSR count). The van der Waals surface area contributed by atoms with Gasteiger partial charge in [-0.2, -0.15) is 0 Å². The summed E-state index contributed by atoms with van der Waals surface area (Å²) < 4.78 is 16.8. The number of carbonyl (C=O) groups excluding carboxylic acids is 2. The molecule has 0 saturated carbocycles. The van der Waals surface area contributed by atoms with Gasteiger partial charge in [0.15, 0.2) is 6.10 Å². The Kier molecular flexibility index (Phi) is 4.35. The van der Waals surface area contributed by atoms with E-state index in [1.54, 1.807) is 55.6 Å². The molecule has 2 N–H and O–H groups in total. The fraction of sp³-hybridized carbons (Fsp3) is 0.176. The lowest BCUT2D eigenvalue weighted by atomic mass is 10.2. The minimum Gasteiger partial charge on any atom is -0.479 e. The van der Waals surface area contributed by atoms with E-state index < -0.39 is 16.9 Å².